The second kappa shape index (κ2) is 12.9. The first-order valence-corrected chi connectivity index (χ1v) is 11.8. The van der Waals surface area contributed by atoms with E-state index in [2.05, 4.69) is 18.6 Å². The molecule has 1 aliphatic rings. The van der Waals surface area contributed by atoms with Gasteiger partial charge in [-0.1, -0.05) is 57.2 Å². The van der Waals surface area contributed by atoms with E-state index in [-0.39, 0.29) is 22.9 Å². The van der Waals surface area contributed by atoms with Crippen molar-refractivity contribution in [2.24, 2.45) is 5.92 Å². The molecular weight excluding hydrogens is 376 g/mol. The highest BCUT2D eigenvalue weighted by Crippen LogP contribution is 2.30. The van der Waals surface area contributed by atoms with Crippen LogP contribution in [0, 0.1) is 12.8 Å². The van der Waals surface area contributed by atoms with Gasteiger partial charge < -0.3 is 4.74 Å². The molecule has 0 aromatic heterocycles. The number of methoxy groups -OCH3 is 1. The van der Waals surface area contributed by atoms with Gasteiger partial charge in [-0.15, -0.1) is 0 Å². The van der Waals surface area contributed by atoms with Crippen molar-refractivity contribution in [2.45, 2.75) is 89.6 Å². The maximum atomic E-state index is 12.2. The lowest BCUT2D eigenvalue weighted by Crippen LogP contribution is -2.26. The molecule has 0 spiro atoms. The molecule has 5 nitrogen and oxygen atoms in total. The molecule has 0 radical (unpaired) electrons. The third-order valence-corrected chi connectivity index (χ3v) is 6.38. The fraction of sp³-hybridized carbons (Fsp3) is 0.682. The molecule has 0 saturated heterocycles. The number of ether oxygens (including phenoxy) is 1. The average molecular weight is 413 g/mol. The molecule has 0 heterocycles. The van der Waals surface area contributed by atoms with Gasteiger partial charge in [-0.05, 0) is 50.7 Å². The largest absolute Gasteiger partial charge is 0.469 e. The molecule has 2 rings (SSSR count). The van der Waals surface area contributed by atoms with E-state index >= 15 is 0 Å². The van der Waals surface area contributed by atoms with Crippen molar-refractivity contribution >= 4 is 16.1 Å². The predicted octanol–water partition coefficient (Wildman–Crippen LogP) is 5.41. The minimum Gasteiger partial charge on any atom is -0.469 e. The zero-order valence-electron chi connectivity index (χ0n) is 17.8. The van der Waals surface area contributed by atoms with E-state index in [0.29, 0.717) is 19.3 Å². The summed E-state index contributed by atoms with van der Waals surface area (Å²) in [6, 6.07) is 6.63. The lowest BCUT2D eigenvalue weighted by atomic mass is 9.85. The summed E-state index contributed by atoms with van der Waals surface area (Å²) in [5.41, 5.74) is 1.00. The maximum Gasteiger partial charge on any atom is 0.305 e. The maximum absolute atomic E-state index is 12.2. The third-order valence-electron chi connectivity index (χ3n) is 5.01. The van der Waals surface area contributed by atoms with Crippen LogP contribution in [-0.2, 0) is 23.8 Å². The molecule has 0 bridgehead atoms. The van der Waals surface area contributed by atoms with Crippen LogP contribution < -0.4 is 0 Å². The van der Waals surface area contributed by atoms with Crippen LogP contribution in [0.1, 0.15) is 77.2 Å². The zero-order chi connectivity index (χ0) is 21.0. The van der Waals surface area contributed by atoms with E-state index in [4.69, 9.17) is 4.18 Å². The fourth-order valence-corrected chi connectivity index (χ4v) is 4.32. The zero-order valence-corrected chi connectivity index (χ0v) is 18.6. The summed E-state index contributed by atoms with van der Waals surface area (Å²) in [6.45, 7) is 6.37. The number of carbonyl (C=O) groups is 1. The highest BCUT2D eigenvalue weighted by molar-refractivity contribution is 7.86. The first-order valence-electron chi connectivity index (χ1n) is 10.4. The number of hydrogen-bond donors (Lipinski definition) is 0. The van der Waals surface area contributed by atoms with Crippen LogP contribution >= 0.6 is 0 Å². The Hall–Kier alpha value is -1.40. The molecule has 0 amide bonds. The topological polar surface area (TPSA) is 69.7 Å². The predicted molar refractivity (Wildman–Crippen MR) is 112 cm³/mol. The van der Waals surface area contributed by atoms with Crippen molar-refractivity contribution in [3.05, 3.63) is 29.8 Å². The Balaban J connectivity index is 0.000000568. The summed E-state index contributed by atoms with van der Waals surface area (Å²) < 4.78 is 34.4. The summed E-state index contributed by atoms with van der Waals surface area (Å²) in [7, 11) is -2.33. The van der Waals surface area contributed by atoms with Crippen LogP contribution in [0.4, 0.5) is 0 Å². The minimum atomic E-state index is -3.71. The first kappa shape index (κ1) is 24.6. The molecule has 1 aromatic rings. The van der Waals surface area contributed by atoms with Crippen molar-refractivity contribution in [3.8, 4) is 0 Å². The number of carbonyl (C=O) groups excluding carboxylic acids is 1. The molecule has 1 aliphatic carbocycles. The number of benzene rings is 1. The smallest absolute Gasteiger partial charge is 0.305 e. The SMILES string of the molecule is CCCCCC.COC(=O)CC1CCC(OS(=O)(=O)c2ccc(C)cc2)CC1. The quantitative estimate of drug-likeness (QED) is 0.324. The second-order valence-corrected chi connectivity index (χ2v) is 9.07. The molecule has 1 saturated carbocycles. The first-order chi connectivity index (χ1) is 13.3. The highest BCUT2D eigenvalue weighted by atomic mass is 32.2. The van der Waals surface area contributed by atoms with Gasteiger partial charge in [0.2, 0.25) is 0 Å². The van der Waals surface area contributed by atoms with Gasteiger partial charge in [-0.2, -0.15) is 8.42 Å². The van der Waals surface area contributed by atoms with Gasteiger partial charge in [0.1, 0.15) is 0 Å². The van der Waals surface area contributed by atoms with Crippen LogP contribution in [0.2, 0.25) is 0 Å². The van der Waals surface area contributed by atoms with E-state index in [1.54, 1.807) is 24.3 Å². The average Bonchev–Trinajstić information content (AvgIpc) is 2.68. The van der Waals surface area contributed by atoms with Gasteiger partial charge >= 0.3 is 5.97 Å². The van der Waals surface area contributed by atoms with E-state index in [1.165, 1.54) is 32.8 Å². The lowest BCUT2D eigenvalue weighted by molar-refractivity contribution is -0.142. The Labute approximate surface area is 170 Å². The molecule has 1 fully saturated rings. The van der Waals surface area contributed by atoms with E-state index in [9.17, 15) is 13.2 Å². The van der Waals surface area contributed by atoms with Gasteiger partial charge in [-0.3, -0.25) is 8.98 Å². The number of aryl methyl sites for hydroxylation is 1. The Morgan fingerprint density at radius 1 is 1.00 bits per heavy atom. The molecule has 0 aliphatic heterocycles. The molecule has 0 unspecified atom stereocenters. The Kier molecular flexibility index (Phi) is 11.4. The Bertz CT molecular complexity index is 655. The van der Waals surface area contributed by atoms with E-state index < -0.39 is 10.1 Å². The molecule has 0 N–H and O–H groups in total. The molecule has 160 valence electrons. The number of hydrogen-bond acceptors (Lipinski definition) is 5. The van der Waals surface area contributed by atoms with Crippen LogP contribution in [0.25, 0.3) is 0 Å². The highest BCUT2D eigenvalue weighted by Gasteiger charge is 2.28. The number of esters is 1. The summed E-state index contributed by atoms with van der Waals surface area (Å²) in [4.78, 5) is 11.4. The Morgan fingerprint density at radius 2 is 1.54 bits per heavy atom. The van der Waals surface area contributed by atoms with Gasteiger partial charge in [0.25, 0.3) is 10.1 Å². The van der Waals surface area contributed by atoms with Crippen LogP contribution in [0.15, 0.2) is 29.2 Å². The van der Waals surface area contributed by atoms with Crippen LogP contribution in [-0.4, -0.2) is 27.6 Å². The fourth-order valence-electron chi connectivity index (χ4n) is 3.19. The van der Waals surface area contributed by atoms with Crippen molar-refractivity contribution in [3.63, 3.8) is 0 Å². The van der Waals surface area contributed by atoms with Crippen molar-refractivity contribution < 1.29 is 22.1 Å². The van der Waals surface area contributed by atoms with Crippen molar-refractivity contribution in [1.29, 1.82) is 0 Å². The Morgan fingerprint density at radius 3 is 2.00 bits per heavy atom. The van der Waals surface area contributed by atoms with Crippen LogP contribution in [0.3, 0.4) is 0 Å². The monoisotopic (exact) mass is 412 g/mol. The second-order valence-electron chi connectivity index (χ2n) is 7.49. The summed E-state index contributed by atoms with van der Waals surface area (Å²) in [5, 5.41) is 0. The van der Waals surface area contributed by atoms with E-state index in [1.807, 2.05) is 6.92 Å². The standard InChI is InChI=1S/C16H22O5S.C6H14/c1-12-3-9-15(10-4-12)22(18,19)21-14-7-5-13(6-8-14)11-16(17)20-2;1-3-5-6-4-2/h3-4,9-10,13-14H,5-8,11H2,1-2H3;3-6H2,1-2H3. The normalized spacial score (nSPS) is 19.4. The van der Waals surface area contributed by atoms with Crippen molar-refractivity contribution in [1.82, 2.24) is 0 Å². The summed E-state index contributed by atoms with van der Waals surface area (Å²) in [5.74, 6) is 0.0472. The summed E-state index contributed by atoms with van der Waals surface area (Å²) in [6.07, 6.45) is 8.48. The van der Waals surface area contributed by atoms with E-state index in [0.717, 1.165) is 18.4 Å². The third kappa shape index (κ3) is 9.20. The van der Waals surface area contributed by atoms with Gasteiger partial charge in [-0.25, -0.2) is 0 Å². The van der Waals surface area contributed by atoms with Gasteiger partial charge in [0.15, 0.2) is 0 Å². The number of unbranched alkanes of at least 4 members (excludes halogenated alkanes) is 3. The van der Waals surface area contributed by atoms with Gasteiger partial charge in [0, 0.05) is 6.42 Å². The van der Waals surface area contributed by atoms with Crippen molar-refractivity contribution in [2.75, 3.05) is 7.11 Å². The molecule has 1 aromatic carbocycles. The minimum absolute atomic E-state index is 0.190. The van der Waals surface area contributed by atoms with Crippen LogP contribution in [0.5, 0.6) is 0 Å². The molecule has 0 atom stereocenters. The summed E-state index contributed by atoms with van der Waals surface area (Å²) >= 11 is 0. The number of rotatable bonds is 8. The van der Waals surface area contributed by atoms with Gasteiger partial charge in [0.05, 0.1) is 18.1 Å². The molecular formula is C22H36O5S. The molecule has 28 heavy (non-hydrogen) atoms. The lowest BCUT2D eigenvalue weighted by Gasteiger charge is -2.27. The molecule has 6 heteroatoms.